The van der Waals surface area contributed by atoms with Crippen molar-refractivity contribution in [2.75, 3.05) is 20.2 Å². The first-order valence-electron chi connectivity index (χ1n) is 15.0. The van der Waals surface area contributed by atoms with E-state index in [0.29, 0.717) is 31.1 Å². The molecule has 4 aliphatic rings. The molecule has 2 unspecified atom stereocenters. The van der Waals surface area contributed by atoms with E-state index < -0.39 is 16.9 Å². The van der Waals surface area contributed by atoms with Crippen LogP contribution in [0.15, 0.2) is 36.4 Å². The van der Waals surface area contributed by atoms with Crippen molar-refractivity contribution in [2.45, 2.75) is 76.4 Å². The largest absolute Gasteiger partial charge is 0.497 e. The SMILES string of the molecule is COc1ccc2c(c1)C1CC1(C(=O)N1CC(O)(C(C)C)C1)Cn1c-2c(C2CCCCC2)c2ccc(C(=O)NO)cc21. The molecule has 3 heterocycles. The highest BCUT2D eigenvalue weighted by Gasteiger charge is 2.65. The number of likely N-dealkylation sites (tertiary alicyclic amines) is 1. The molecule has 3 fully saturated rings. The van der Waals surface area contributed by atoms with Gasteiger partial charge in [-0.1, -0.05) is 39.2 Å². The Hall–Kier alpha value is -3.36. The molecule has 0 bridgehead atoms. The lowest BCUT2D eigenvalue weighted by atomic mass is 9.81. The Balaban J connectivity index is 1.44. The lowest BCUT2D eigenvalue weighted by molar-refractivity contribution is -0.169. The van der Waals surface area contributed by atoms with Crippen molar-refractivity contribution in [3.05, 3.63) is 53.1 Å². The fraction of sp³-hybridized carbons (Fsp3) is 0.515. The van der Waals surface area contributed by atoms with Crippen LogP contribution in [-0.4, -0.2) is 57.4 Å². The summed E-state index contributed by atoms with van der Waals surface area (Å²) in [4.78, 5) is 28.7. The van der Waals surface area contributed by atoms with Gasteiger partial charge in [-0.05, 0) is 72.6 Å². The molecule has 3 N–H and O–H groups in total. The number of carbonyl (C=O) groups excluding carboxylic acids is 2. The van der Waals surface area contributed by atoms with Gasteiger partial charge in [0, 0.05) is 34.5 Å². The van der Waals surface area contributed by atoms with Gasteiger partial charge in [0.25, 0.3) is 5.91 Å². The van der Waals surface area contributed by atoms with Crippen LogP contribution >= 0.6 is 0 Å². The number of aromatic nitrogens is 1. The van der Waals surface area contributed by atoms with Crippen molar-refractivity contribution >= 4 is 22.7 Å². The number of carbonyl (C=O) groups is 2. The highest BCUT2D eigenvalue weighted by atomic mass is 16.5. The molecule has 2 atom stereocenters. The van der Waals surface area contributed by atoms with E-state index in [0.717, 1.165) is 52.7 Å². The predicted molar refractivity (Wildman–Crippen MR) is 155 cm³/mol. The van der Waals surface area contributed by atoms with E-state index in [-0.39, 0.29) is 17.7 Å². The van der Waals surface area contributed by atoms with Crippen molar-refractivity contribution in [3.63, 3.8) is 0 Å². The number of hydrogen-bond donors (Lipinski definition) is 3. The third kappa shape index (κ3) is 3.87. The summed E-state index contributed by atoms with van der Waals surface area (Å²) < 4.78 is 7.95. The molecule has 3 aromatic rings. The van der Waals surface area contributed by atoms with E-state index in [2.05, 4.69) is 16.7 Å². The Morgan fingerprint density at radius 3 is 2.49 bits per heavy atom. The molecule has 1 saturated heterocycles. The van der Waals surface area contributed by atoms with Crippen LogP contribution in [0.5, 0.6) is 5.75 Å². The Bertz CT molecular complexity index is 1560. The maximum Gasteiger partial charge on any atom is 0.274 e. The number of benzene rings is 2. The number of hydrogen-bond acceptors (Lipinski definition) is 5. The number of β-amino-alcohol motifs (C(OH)–C–C–N with tert-alkyl or cyclic N) is 1. The van der Waals surface area contributed by atoms with Crippen LogP contribution in [-0.2, 0) is 11.3 Å². The predicted octanol–water partition coefficient (Wildman–Crippen LogP) is 5.20. The molecule has 2 aromatic carbocycles. The molecule has 1 aromatic heterocycles. The second-order valence-electron chi connectivity index (χ2n) is 13.1. The van der Waals surface area contributed by atoms with Crippen molar-refractivity contribution in [3.8, 4) is 17.0 Å². The first kappa shape index (κ1) is 26.5. The zero-order chi connectivity index (χ0) is 28.7. The quantitative estimate of drug-likeness (QED) is 0.296. The summed E-state index contributed by atoms with van der Waals surface area (Å²) in [5.74, 6) is 0.843. The van der Waals surface area contributed by atoms with Crippen molar-refractivity contribution < 1.29 is 24.6 Å². The molecular formula is C33H39N3O5. The fourth-order valence-corrected chi connectivity index (χ4v) is 7.93. The second-order valence-corrected chi connectivity index (χ2v) is 13.1. The van der Waals surface area contributed by atoms with Gasteiger partial charge in [0.2, 0.25) is 5.91 Å². The van der Waals surface area contributed by atoms with Crippen LogP contribution in [0.3, 0.4) is 0 Å². The van der Waals surface area contributed by atoms with E-state index in [9.17, 15) is 19.9 Å². The molecule has 216 valence electrons. The summed E-state index contributed by atoms with van der Waals surface area (Å²) in [5.41, 5.74) is 6.35. The van der Waals surface area contributed by atoms with Gasteiger partial charge in [0.1, 0.15) is 11.4 Å². The first-order valence-corrected chi connectivity index (χ1v) is 15.0. The zero-order valence-corrected chi connectivity index (χ0v) is 24.1. The lowest BCUT2D eigenvalue weighted by Gasteiger charge is -2.50. The van der Waals surface area contributed by atoms with Gasteiger partial charge in [-0.15, -0.1) is 0 Å². The second kappa shape index (κ2) is 9.33. The average Bonchev–Trinajstić information content (AvgIpc) is 3.64. The maximum atomic E-state index is 14.3. The van der Waals surface area contributed by atoms with E-state index in [1.54, 1.807) is 18.7 Å². The number of methoxy groups -OCH3 is 1. The summed E-state index contributed by atoms with van der Waals surface area (Å²) in [6.07, 6.45) is 6.59. The van der Waals surface area contributed by atoms with Gasteiger partial charge in [-0.2, -0.15) is 0 Å². The van der Waals surface area contributed by atoms with Crippen LogP contribution in [0.2, 0.25) is 0 Å². The Kier molecular flexibility index (Phi) is 6.04. The third-order valence-corrected chi connectivity index (χ3v) is 10.6. The smallest absolute Gasteiger partial charge is 0.274 e. The van der Waals surface area contributed by atoms with E-state index >= 15 is 0 Å². The molecular weight excluding hydrogens is 518 g/mol. The van der Waals surface area contributed by atoms with Gasteiger partial charge >= 0.3 is 0 Å². The van der Waals surface area contributed by atoms with Crippen molar-refractivity contribution in [2.24, 2.45) is 11.3 Å². The van der Waals surface area contributed by atoms with E-state index in [1.165, 1.54) is 24.8 Å². The zero-order valence-electron chi connectivity index (χ0n) is 24.1. The Labute approximate surface area is 240 Å². The first-order chi connectivity index (χ1) is 19.7. The minimum Gasteiger partial charge on any atom is -0.497 e. The maximum absolute atomic E-state index is 14.3. The number of ether oxygens (including phenoxy) is 1. The Morgan fingerprint density at radius 2 is 1.80 bits per heavy atom. The number of rotatable bonds is 5. The normalized spacial score (nSPS) is 24.6. The summed E-state index contributed by atoms with van der Waals surface area (Å²) in [6, 6.07) is 11.9. The molecule has 2 amide bonds. The van der Waals surface area contributed by atoms with Crippen molar-refractivity contribution in [1.82, 2.24) is 14.9 Å². The number of hydroxylamine groups is 1. The fourth-order valence-electron chi connectivity index (χ4n) is 7.93. The topological polar surface area (TPSA) is 104 Å². The highest BCUT2D eigenvalue weighted by Crippen LogP contribution is 2.66. The van der Waals surface area contributed by atoms with E-state index in [4.69, 9.17) is 4.74 Å². The van der Waals surface area contributed by atoms with Gasteiger partial charge in [-0.3, -0.25) is 14.8 Å². The monoisotopic (exact) mass is 557 g/mol. The van der Waals surface area contributed by atoms with Crippen LogP contribution in [0.4, 0.5) is 0 Å². The molecule has 2 aliphatic heterocycles. The van der Waals surface area contributed by atoms with Gasteiger partial charge in [0.15, 0.2) is 0 Å². The number of amides is 2. The van der Waals surface area contributed by atoms with Crippen LogP contribution in [0, 0.1) is 11.3 Å². The minimum absolute atomic E-state index is 0.0471. The van der Waals surface area contributed by atoms with Crippen LogP contribution in [0.25, 0.3) is 22.2 Å². The summed E-state index contributed by atoms with van der Waals surface area (Å²) in [6.45, 7) is 5.22. The highest BCUT2D eigenvalue weighted by molar-refractivity contribution is 6.01. The van der Waals surface area contributed by atoms with Crippen molar-refractivity contribution in [1.29, 1.82) is 0 Å². The Morgan fingerprint density at radius 1 is 1.05 bits per heavy atom. The summed E-state index contributed by atoms with van der Waals surface area (Å²) in [7, 11) is 1.68. The molecule has 7 rings (SSSR count). The standard InChI is InChI=1S/C33H39N3O5/c1-19(2)33(39)17-35(18-33)31(38)32-15-26(32)25-14-22(41-3)10-12-23(25)29-28(20-7-5-4-6-8-20)24-11-9-21(30(37)34-40)13-27(24)36(29)16-32/h9-14,19-20,26,39-40H,4-8,15-18H2,1-3H3,(H,34,37). The van der Waals surface area contributed by atoms with Gasteiger partial charge in [-0.25, -0.2) is 5.48 Å². The van der Waals surface area contributed by atoms with Gasteiger partial charge in [0.05, 0.1) is 31.3 Å². The summed E-state index contributed by atoms with van der Waals surface area (Å²) in [5, 5.41) is 21.5. The number of aliphatic hydroxyl groups is 1. The average molecular weight is 558 g/mol. The number of nitrogens with one attached hydrogen (secondary N) is 1. The van der Waals surface area contributed by atoms with Crippen LogP contribution < -0.4 is 10.2 Å². The number of nitrogens with zero attached hydrogens (tertiary/aromatic N) is 2. The molecule has 41 heavy (non-hydrogen) atoms. The molecule has 0 radical (unpaired) electrons. The summed E-state index contributed by atoms with van der Waals surface area (Å²) >= 11 is 0. The number of fused-ring (bicyclic) bond motifs is 7. The molecule has 0 spiro atoms. The van der Waals surface area contributed by atoms with Gasteiger partial charge < -0.3 is 19.3 Å². The molecule has 8 heteroatoms. The van der Waals surface area contributed by atoms with E-state index in [1.807, 2.05) is 36.9 Å². The lowest BCUT2D eigenvalue weighted by Crippen LogP contribution is -2.67. The van der Waals surface area contributed by atoms with Crippen LogP contribution in [0.1, 0.15) is 85.7 Å². The third-order valence-electron chi connectivity index (χ3n) is 10.6. The molecule has 2 aliphatic carbocycles. The molecule has 2 saturated carbocycles. The molecule has 8 nitrogen and oxygen atoms in total. The minimum atomic E-state index is -0.839.